The highest BCUT2D eigenvalue weighted by atomic mass is 16.3. The molecule has 0 unspecified atom stereocenters. The molecule has 1 aliphatic heterocycles. The Hall–Kier alpha value is -0.640. The van der Waals surface area contributed by atoms with Crippen molar-refractivity contribution in [2.45, 2.75) is 90.8 Å². The van der Waals surface area contributed by atoms with E-state index in [1.807, 2.05) is 0 Å². The molecule has 7 atom stereocenters. The average Bonchev–Trinajstić information content (AvgIpc) is 3.21. The second kappa shape index (κ2) is 8.85. The molecule has 4 rings (SSSR count). The van der Waals surface area contributed by atoms with Crippen LogP contribution in [-0.4, -0.2) is 47.0 Å². The van der Waals surface area contributed by atoms with E-state index >= 15 is 0 Å². The molecule has 0 radical (unpaired) electrons. The van der Waals surface area contributed by atoms with Gasteiger partial charge in [-0.1, -0.05) is 44.1 Å². The largest absolute Gasteiger partial charge is 0.393 e. The molecule has 1 saturated heterocycles. The van der Waals surface area contributed by atoms with E-state index in [1.165, 1.54) is 63.7 Å². The summed E-state index contributed by atoms with van der Waals surface area (Å²) < 4.78 is 0. The lowest BCUT2D eigenvalue weighted by Crippen LogP contribution is -2.39. The maximum atomic E-state index is 9.98. The van der Waals surface area contributed by atoms with E-state index < -0.39 is 0 Å². The Morgan fingerprint density at radius 3 is 2.59 bits per heavy atom. The van der Waals surface area contributed by atoms with Crippen molar-refractivity contribution in [3.05, 3.63) is 23.3 Å². The summed E-state index contributed by atoms with van der Waals surface area (Å²) in [5, 5.41) is 20.0. The molecule has 0 spiro atoms. The first-order valence-electron chi connectivity index (χ1n) is 12.3. The third-order valence-corrected chi connectivity index (χ3v) is 8.85. The fourth-order valence-corrected chi connectivity index (χ4v) is 7.47. The van der Waals surface area contributed by atoms with Gasteiger partial charge in [-0.3, -0.25) is 0 Å². The molecule has 0 aromatic rings. The number of hydrogen-bond acceptors (Lipinski definition) is 3. The smallest absolute Gasteiger partial charge is 0.0602 e. The van der Waals surface area contributed by atoms with Crippen LogP contribution in [0.5, 0.6) is 0 Å². The summed E-state index contributed by atoms with van der Waals surface area (Å²) in [5.41, 5.74) is 3.33. The maximum Gasteiger partial charge on any atom is 0.0602 e. The minimum Gasteiger partial charge on any atom is -0.393 e. The highest BCUT2D eigenvalue weighted by Gasteiger charge is 2.50. The Bertz CT molecular complexity index is 629. The minimum atomic E-state index is -0.370. The Kier molecular flexibility index (Phi) is 6.58. The first kappa shape index (κ1) is 21.6. The molecule has 1 heterocycles. The second-order valence-electron chi connectivity index (χ2n) is 11.2. The van der Waals surface area contributed by atoms with Gasteiger partial charge in [0.05, 0.1) is 12.2 Å². The van der Waals surface area contributed by atoms with Crippen LogP contribution in [0, 0.1) is 29.1 Å². The van der Waals surface area contributed by atoms with Gasteiger partial charge in [-0.25, -0.2) is 0 Å². The Morgan fingerprint density at radius 1 is 1.14 bits per heavy atom. The third kappa shape index (κ3) is 4.67. The average molecular weight is 402 g/mol. The first-order chi connectivity index (χ1) is 13.8. The Balaban J connectivity index is 1.44. The van der Waals surface area contributed by atoms with Gasteiger partial charge in [0, 0.05) is 13.1 Å². The molecule has 0 bridgehead atoms. The minimum absolute atomic E-state index is 0.370. The summed E-state index contributed by atoms with van der Waals surface area (Å²) in [6.07, 6.45) is 13.9. The number of likely N-dealkylation sites (tertiary alicyclic amines) is 1. The molecule has 29 heavy (non-hydrogen) atoms. The number of allylic oxidation sites excluding steroid dienone is 3. The normalized spacial score (nSPS) is 43.6. The summed E-state index contributed by atoms with van der Waals surface area (Å²) >= 11 is 0. The van der Waals surface area contributed by atoms with E-state index in [0.29, 0.717) is 11.8 Å². The van der Waals surface area contributed by atoms with E-state index in [9.17, 15) is 10.2 Å². The lowest BCUT2D eigenvalue weighted by Gasteiger charge is -2.45. The van der Waals surface area contributed by atoms with Crippen LogP contribution in [0.25, 0.3) is 0 Å². The number of fused-ring (bicyclic) bond motifs is 1. The monoisotopic (exact) mass is 401 g/mol. The standard InChI is InChI=1S/C26H43NO2/c1-18-10-12-27(16-18)17-19(2)24-8-9-25-21(5-4-11-26(24,25)3)7-6-20-13-22(28)15-23(29)14-20/h6-7,18-19,22-25,28-29H,4-5,8-17H2,1-3H3/b21-7+/t18-,19-,22-,23-,24-,25+,26-/m1/s1. The zero-order chi connectivity index (χ0) is 20.6. The molecular formula is C26H43NO2. The van der Waals surface area contributed by atoms with Crippen LogP contribution in [0.4, 0.5) is 0 Å². The van der Waals surface area contributed by atoms with Crippen LogP contribution in [0.3, 0.4) is 0 Å². The van der Waals surface area contributed by atoms with Crippen molar-refractivity contribution in [1.82, 2.24) is 4.90 Å². The predicted molar refractivity (Wildman–Crippen MR) is 120 cm³/mol. The molecule has 164 valence electrons. The van der Waals surface area contributed by atoms with Gasteiger partial charge < -0.3 is 15.1 Å². The fourth-order valence-electron chi connectivity index (χ4n) is 7.47. The number of nitrogens with zero attached hydrogens (tertiary/aromatic N) is 1. The number of aliphatic hydroxyl groups is 2. The van der Waals surface area contributed by atoms with Gasteiger partial charge in [0.1, 0.15) is 0 Å². The fraction of sp³-hybridized carbons (Fsp3) is 0.846. The van der Waals surface area contributed by atoms with E-state index in [0.717, 1.165) is 36.5 Å². The number of hydrogen-bond donors (Lipinski definition) is 2. The Morgan fingerprint density at radius 2 is 1.90 bits per heavy atom. The molecule has 3 aliphatic carbocycles. The number of rotatable bonds is 4. The third-order valence-electron chi connectivity index (χ3n) is 8.85. The molecule has 3 heteroatoms. The van der Waals surface area contributed by atoms with E-state index in [4.69, 9.17) is 0 Å². The van der Waals surface area contributed by atoms with Crippen molar-refractivity contribution in [2.24, 2.45) is 29.1 Å². The summed E-state index contributed by atoms with van der Waals surface area (Å²) in [6, 6.07) is 0. The summed E-state index contributed by atoms with van der Waals surface area (Å²) in [6.45, 7) is 11.4. The first-order valence-corrected chi connectivity index (χ1v) is 12.3. The van der Waals surface area contributed by atoms with Gasteiger partial charge in [0.15, 0.2) is 0 Å². The van der Waals surface area contributed by atoms with Gasteiger partial charge in [-0.2, -0.15) is 0 Å². The van der Waals surface area contributed by atoms with E-state index in [2.05, 4.69) is 37.8 Å². The Labute approximate surface area is 178 Å². The van der Waals surface area contributed by atoms with Crippen LogP contribution in [0.2, 0.25) is 0 Å². The molecular weight excluding hydrogens is 358 g/mol. The van der Waals surface area contributed by atoms with E-state index in [-0.39, 0.29) is 12.2 Å². The zero-order valence-corrected chi connectivity index (χ0v) is 18.9. The van der Waals surface area contributed by atoms with Crippen LogP contribution in [0.15, 0.2) is 23.3 Å². The van der Waals surface area contributed by atoms with Crippen LogP contribution < -0.4 is 0 Å². The highest BCUT2D eigenvalue weighted by Crippen LogP contribution is 2.59. The second-order valence-corrected chi connectivity index (χ2v) is 11.2. The van der Waals surface area contributed by atoms with Gasteiger partial charge in [-0.05, 0) is 93.4 Å². The molecule has 2 N–H and O–H groups in total. The van der Waals surface area contributed by atoms with Gasteiger partial charge >= 0.3 is 0 Å². The van der Waals surface area contributed by atoms with Crippen molar-refractivity contribution >= 4 is 0 Å². The van der Waals surface area contributed by atoms with Crippen molar-refractivity contribution in [2.75, 3.05) is 19.6 Å². The zero-order valence-electron chi connectivity index (χ0n) is 18.9. The van der Waals surface area contributed by atoms with Gasteiger partial charge in [0.2, 0.25) is 0 Å². The summed E-state index contributed by atoms with van der Waals surface area (Å²) in [4.78, 5) is 2.72. The van der Waals surface area contributed by atoms with Gasteiger partial charge in [0.25, 0.3) is 0 Å². The molecule has 4 fully saturated rings. The van der Waals surface area contributed by atoms with E-state index in [1.54, 1.807) is 5.57 Å². The molecule has 3 saturated carbocycles. The lowest BCUT2D eigenvalue weighted by atomic mass is 9.61. The van der Waals surface area contributed by atoms with Crippen molar-refractivity contribution in [3.63, 3.8) is 0 Å². The molecule has 0 aromatic carbocycles. The predicted octanol–water partition coefficient (Wildman–Crippen LogP) is 4.94. The molecule has 3 nitrogen and oxygen atoms in total. The lowest BCUT2D eigenvalue weighted by molar-refractivity contribution is 0.0609. The highest BCUT2D eigenvalue weighted by molar-refractivity contribution is 5.26. The summed E-state index contributed by atoms with van der Waals surface area (Å²) in [7, 11) is 0. The van der Waals surface area contributed by atoms with Crippen molar-refractivity contribution < 1.29 is 10.2 Å². The maximum absolute atomic E-state index is 9.98. The SMILES string of the molecule is C[C@@H]1CCN(C[C@@H](C)[C@H]2CC[C@H]3/C(=C/C=C4C[C@@H](O)C[C@H](O)C4)CCC[C@]23C)C1. The van der Waals surface area contributed by atoms with Crippen LogP contribution >= 0.6 is 0 Å². The quantitative estimate of drug-likeness (QED) is 0.701. The van der Waals surface area contributed by atoms with Crippen LogP contribution in [0.1, 0.15) is 78.6 Å². The topological polar surface area (TPSA) is 43.7 Å². The molecule has 0 amide bonds. The number of aliphatic hydroxyl groups excluding tert-OH is 2. The molecule has 4 aliphatic rings. The van der Waals surface area contributed by atoms with Gasteiger partial charge in [-0.15, -0.1) is 0 Å². The van der Waals surface area contributed by atoms with Crippen molar-refractivity contribution in [1.29, 1.82) is 0 Å². The van der Waals surface area contributed by atoms with Crippen LogP contribution in [-0.2, 0) is 0 Å². The molecule has 0 aromatic heterocycles. The summed E-state index contributed by atoms with van der Waals surface area (Å²) in [5.74, 6) is 3.24. The van der Waals surface area contributed by atoms with Crippen molar-refractivity contribution in [3.8, 4) is 0 Å².